The Labute approximate surface area is 273 Å². The maximum absolute atomic E-state index is 8.21. The maximum atomic E-state index is 8.21. The van der Waals surface area contributed by atoms with Gasteiger partial charge < -0.3 is 13.2 Å². The molecule has 0 heterocycles. The summed E-state index contributed by atoms with van der Waals surface area (Å²) in [6, 6.07) is 31.1. The van der Waals surface area contributed by atoms with Gasteiger partial charge in [-0.25, -0.2) is 5.57 Å². The molecular weight excluding hydrogens is 590 g/mol. The van der Waals surface area contributed by atoms with Crippen molar-refractivity contribution < 1.29 is 26.2 Å². The molecule has 0 saturated heterocycles. The molecule has 4 fully saturated rings. The zero-order valence-corrected chi connectivity index (χ0v) is 29.8. The summed E-state index contributed by atoms with van der Waals surface area (Å²) in [7, 11) is 1.90. The minimum absolute atomic E-state index is 0. The minimum Gasteiger partial charge on any atom is -0.672 e. The van der Waals surface area contributed by atoms with Crippen LogP contribution in [-0.4, -0.2) is 15.8 Å². The Morgan fingerprint density at radius 1 is 0.683 bits per heavy atom. The fourth-order valence-corrected chi connectivity index (χ4v) is 7.28. The average Bonchev–Trinajstić information content (AvgIpc) is 3.15. The van der Waals surface area contributed by atoms with Gasteiger partial charge in [-0.05, 0) is 48.1 Å². The van der Waals surface area contributed by atoms with Crippen LogP contribution < -0.4 is 5.19 Å². The number of benzene rings is 3. The van der Waals surface area contributed by atoms with Crippen molar-refractivity contribution >= 4 is 15.4 Å². The molecule has 3 aromatic rings. The molecule has 41 heavy (non-hydrogen) atoms. The molecule has 0 aromatic heterocycles. The number of rotatable bonds is 1. The van der Waals surface area contributed by atoms with Crippen LogP contribution >= 0.6 is 0 Å². The van der Waals surface area contributed by atoms with Crippen LogP contribution in [0.5, 0.6) is 0 Å². The number of allylic oxidation sites excluding steroid dienone is 4. The molecule has 2 radical (unpaired) electrons. The second-order valence-electron chi connectivity index (χ2n) is 12.2. The smallest absolute Gasteiger partial charge is 0.672 e. The van der Waals surface area contributed by atoms with Crippen LogP contribution in [0.2, 0.25) is 0 Å². The maximum Gasteiger partial charge on any atom is 3.00 e. The average molecular weight is 639 g/mol. The molecule has 4 bridgehead atoms. The van der Waals surface area contributed by atoms with Crippen LogP contribution in [0.25, 0.3) is 16.9 Å². The Morgan fingerprint density at radius 2 is 1.05 bits per heavy atom. The fourth-order valence-electron chi connectivity index (χ4n) is 7.01. The van der Waals surface area contributed by atoms with E-state index in [0.717, 1.165) is 17.8 Å². The number of nitrogens with one attached hydrogen (secondary N) is 1. The summed E-state index contributed by atoms with van der Waals surface area (Å²) in [6.07, 6.45) is 11.5. The van der Waals surface area contributed by atoms with Gasteiger partial charge >= 0.3 is 26.2 Å². The molecule has 1 N–H and O–H groups in total. The normalized spacial score (nSPS) is 26.4. The Hall–Kier alpha value is -1.80. The topological polar surface area (TPSA) is 23.8 Å². The van der Waals surface area contributed by atoms with Crippen LogP contribution in [0.4, 0.5) is 0 Å². The van der Waals surface area contributed by atoms with Crippen LogP contribution in [0.15, 0.2) is 108 Å². The van der Waals surface area contributed by atoms with E-state index < -0.39 is 0 Å². The minimum atomic E-state index is 0. The second-order valence-corrected chi connectivity index (χ2v) is 13.0. The van der Waals surface area contributed by atoms with E-state index in [9.17, 15) is 0 Å². The van der Waals surface area contributed by atoms with Gasteiger partial charge in [0.15, 0.2) is 0 Å². The first-order valence-electron chi connectivity index (χ1n) is 14.7. The molecule has 8 rings (SSSR count). The largest absolute Gasteiger partial charge is 3.00 e. The monoisotopic (exact) mass is 637 g/mol. The van der Waals surface area contributed by atoms with Crippen LogP contribution in [-0.2, 0) is 26.2 Å². The number of hydrogen-bond acceptors (Lipinski definition) is 0. The summed E-state index contributed by atoms with van der Waals surface area (Å²) in [5.41, 5.74) is 15.1. The zero-order valence-electron chi connectivity index (χ0n) is 25.9. The third-order valence-corrected chi connectivity index (χ3v) is 9.47. The first-order valence-corrected chi connectivity index (χ1v) is 15.4. The summed E-state index contributed by atoms with van der Waals surface area (Å²) in [5, 5.41) is 1.35. The predicted molar refractivity (Wildman–Crippen MR) is 178 cm³/mol. The van der Waals surface area contributed by atoms with Crippen molar-refractivity contribution in [3.8, 4) is 11.1 Å². The van der Waals surface area contributed by atoms with Gasteiger partial charge in [-0.2, -0.15) is 11.1 Å². The van der Waals surface area contributed by atoms with Crippen LogP contribution in [0.1, 0.15) is 66.2 Å². The molecule has 1 unspecified atom stereocenters. The van der Waals surface area contributed by atoms with Gasteiger partial charge in [0.05, 0.1) is 0 Å². The van der Waals surface area contributed by atoms with Gasteiger partial charge in [0.25, 0.3) is 0 Å². The van der Waals surface area contributed by atoms with Gasteiger partial charge in [0.1, 0.15) is 0 Å². The molecule has 1 atom stereocenters. The molecule has 0 spiro atoms. The van der Waals surface area contributed by atoms with E-state index in [1.165, 1.54) is 71.6 Å². The first kappa shape index (κ1) is 35.4. The molecule has 0 aliphatic heterocycles. The summed E-state index contributed by atoms with van der Waals surface area (Å²) in [4.78, 5) is 0. The van der Waals surface area contributed by atoms with Gasteiger partial charge in [-0.3, -0.25) is 6.08 Å². The molecule has 5 aliphatic rings. The van der Waals surface area contributed by atoms with Crippen molar-refractivity contribution in [3.63, 3.8) is 0 Å². The van der Waals surface area contributed by atoms with Crippen LogP contribution in [0, 0.1) is 37.2 Å². The van der Waals surface area contributed by atoms with E-state index in [1.54, 1.807) is 0 Å². The van der Waals surface area contributed by atoms with Gasteiger partial charge in [0.2, 0.25) is 0 Å². The van der Waals surface area contributed by atoms with E-state index in [-0.39, 0.29) is 39.2 Å². The third kappa shape index (κ3) is 10.5. The van der Waals surface area contributed by atoms with E-state index in [1.807, 2.05) is 40.6 Å². The zero-order chi connectivity index (χ0) is 27.8. The first-order chi connectivity index (χ1) is 18.7. The van der Waals surface area contributed by atoms with Gasteiger partial charge in [0, 0.05) is 10.2 Å². The van der Waals surface area contributed by atoms with Crippen LogP contribution in [0.3, 0.4) is 0 Å². The fraction of sp³-hybridized carbons (Fsp3) is 0.395. The van der Waals surface area contributed by atoms with E-state index in [2.05, 4.69) is 94.4 Å². The van der Waals surface area contributed by atoms with E-state index >= 15 is 0 Å². The SMILES string of the molecule is CC1=[C-]C(C)C(C)=C1C.[CH3-].[NH-]C12CC3CC(CC(C3)C1)C2.[SiH2]c1ccccc1.[Zr+3].c1ccc(-c2ccccc2)cc1. The molecule has 0 amide bonds. The Bertz CT molecular complexity index is 1160. The molecule has 5 aliphatic carbocycles. The Kier molecular flexibility index (Phi) is 14.4. The molecule has 4 saturated carbocycles. The van der Waals surface area contributed by atoms with E-state index in [4.69, 9.17) is 5.73 Å². The predicted octanol–water partition coefficient (Wildman–Crippen LogP) is 9.48. The molecule has 214 valence electrons. The molecular formula is C38H49NSiZr. The Balaban J connectivity index is 0.000000192. The molecule has 1 nitrogen and oxygen atoms in total. The van der Waals surface area contributed by atoms with Crippen molar-refractivity contribution in [1.29, 1.82) is 0 Å². The summed E-state index contributed by atoms with van der Waals surface area (Å²) in [6.45, 7) is 8.67. The van der Waals surface area contributed by atoms with Crippen molar-refractivity contribution in [1.82, 2.24) is 0 Å². The summed E-state index contributed by atoms with van der Waals surface area (Å²) >= 11 is 0. The molecule has 3 aromatic carbocycles. The second kappa shape index (κ2) is 16.7. The third-order valence-electron chi connectivity index (χ3n) is 9.00. The van der Waals surface area contributed by atoms with Gasteiger partial charge in [-0.1, -0.05) is 142 Å². The summed E-state index contributed by atoms with van der Waals surface area (Å²) in [5.74, 6) is 3.43. The van der Waals surface area contributed by atoms with Crippen molar-refractivity contribution in [2.45, 2.75) is 71.8 Å². The Morgan fingerprint density at radius 3 is 1.27 bits per heavy atom. The summed E-state index contributed by atoms with van der Waals surface area (Å²) < 4.78 is 0. The quantitative estimate of drug-likeness (QED) is 0.187. The molecule has 3 heteroatoms. The van der Waals surface area contributed by atoms with Crippen molar-refractivity contribution in [2.24, 2.45) is 23.7 Å². The van der Waals surface area contributed by atoms with Gasteiger partial charge in [-0.15, -0.1) is 12.5 Å². The van der Waals surface area contributed by atoms with Crippen molar-refractivity contribution in [3.05, 3.63) is 127 Å². The van der Waals surface area contributed by atoms with Crippen molar-refractivity contribution in [2.75, 3.05) is 0 Å². The van der Waals surface area contributed by atoms with E-state index in [0.29, 0.717) is 5.92 Å². The standard InChI is InChI=1S/C12H10.C10H16N.C9H13.C6H7Si.CH3.Zr/c1-3-7-11(8-4-1)12-9-5-2-6-10-12;11-10-4-7-1-8(5-10)3-9(2-7)6-10;1-6-5-7(2)9(4)8(6)3;7-6-4-2-1-3-5-6;;/h1-10H;7-9,11H,1-6H2;6H,1-4H3;1-5H,7H2;1H3;/q;2*-1;;-1;+3. The number of hydrogen-bond donors (Lipinski definition) is 0.